The van der Waals surface area contributed by atoms with Crippen molar-refractivity contribution in [2.75, 3.05) is 13.2 Å². The van der Waals surface area contributed by atoms with Gasteiger partial charge in [-0.05, 0) is 116 Å². The molecular formula is C63H104O6. The van der Waals surface area contributed by atoms with Crippen LogP contribution in [0.4, 0.5) is 0 Å². The number of allylic oxidation sites excluding steroid dienone is 18. The average Bonchev–Trinajstić information content (AvgIpc) is 3.35. The van der Waals surface area contributed by atoms with E-state index >= 15 is 0 Å². The van der Waals surface area contributed by atoms with Gasteiger partial charge in [0.25, 0.3) is 0 Å². The molecule has 0 amide bonds. The summed E-state index contributed by atoms with van der Waals surface area (Å²) >= 11 is 0. The van der Waals surface area contributed by atoms with Gasteiger partial charge < -0.3 is 14.2 Å². The third-order valence-corrected chi connectivity index (χ3v) is 11.7. The van der Waals surface area contributed by atoms with E-state index in [1.165, 1.54) is 51.4 Å². The number of hydrogen-bond acceptors (Lipinski definition) is 6. The van der Waals surface area contributed by atoms with Crippen LogP contribution in [0.25, 0.3) is 0 Å². The number of esters is 3. The lowest BCUT2D eigenvalue weighted by Gasteiger charge is -2.18. The summed E-state index contributed by atoms with van der Waals surface area (Å²) in [6.07, 6.45) is 76.5. The predicted molar refractivity (Wildman–Crippen MR) is 297 cm³/mol. The molecule has 0 aliphatic carbocycles. The second-order valence-corrected chi connectivity index (χ2v) is 18.5. The number of rotatable bonds is 50. The second kappa shape index (κ2) is 56.7. The molecule has 0 N–H and O–H groups in total. The first kappa shape index (κ1) is 65.1. The van der Waals surface area contributed by atoms with Gasteiger partial charge in [0.05, 0.1) is 0 Å². The van der Waals surface area contributed by atoms with Crippen LogP contribution in [-0.2, 0) is 28.6 Å². The summed E-state index contributed by atoms with van der Waals surface area (Å²) in [5.41, 5.74) is 0. The highest BCUT2D eigenvalue weighted by molar-refractivity contribution is 5.71. The van der Waals surface area contributed by atoms with E-state index in [4.69, 9.17) is 14.2 Å². The molecule has 69 heavy (non-hydrogen) atoms. The highest BCUT2D eigenvalue weighted by atomic mass is 16.6. The second-order valence-electron chi connectivity index (χ2n) is 18.5. The summed E-state index contributed by atoms with van der Waals surface area (Å²) in [5, 5.41) is 0. The van der Waals surface area contributed by atoms with E-state index in [9.17, 15) is 14.4 Å². The Bertz CT molecular complexity index is 1420. The van der Waals surface area contributed by atoms with Crippen molar-refractivity contribution in [3.63, 3.8) is 0 Å². The zero-order valence-electron chi connectivity index (χ0n) is 44.8. The van der Waals surface area contributed by atoms with E-state index in [2.05, 4.69) is 130 Å². The molecule has 0 heterocycles. The number of carbonyl (C=O) groups is 3. The molecule has 0 aromatic carbocycles. The van der Waals surface area contributed by atoms with Crippen LogP contribution >= 0.6 is 0 Å². The molecule has 0 aromatic rings. The highest BCUT2D eigenvalue weighted by Gasteiger charge is 2.19. The van der Waals surface area contributed by atoms with Crippen LogP contribution in [0.1, 0.15) is 252 Å². The van der Waals surface area contributed by atoms with Gasteiger partial charge in [-0.3, -0.25) is 14.4 Å². The molecule has 0 aliphatic rings. The molecule has 0 aliphatic heterocycles. The van der Waals surface area contributed by atoms with Crippen LogP contribution in [0.3, 0.4) is 0 Å². The number of hydrogen-bond donors (Lipinski definition) is 0. The fourth-order valence-corrected chi connectivity index (χ4v) is 7.49. The van der Waals surface area contributed by atoms with Gasteiger partial charge in [0.15, 0.2) is 6.10 Å². The first-order valence-electron chi connectivity index (χ1n) is 28.4. The van der Waals surface area contributed by atoms with Crippen LogP contribution in [-0.4, -0.2) is 37.2 Å². The summed E-state index contributed by atoms with van der Waals surface area (Å²) in [6.45, 7) is 6.36. The Morgan fingerprint density at radius 3 is 0.884 bits per heavy atom. The predicted octanol–water partition coefficient (Wildman–Crippen LogP) is 19.1. The fraction of sp³-hybridized carbons (Fsp3) is 0.667. The van der Waals surface area contributed by atoms with E-state index in [0.29, 0.717) is 19.3 Å². The molecule has 0 spiro atoms. The molecule has 0 rings (SSSR count). The van der Waals surface area contributed by atoms with Crippen molar-refractivity contribution < 1.29 is 28.6 Å². The summed E-state index contributed by atoms with van der Waals surface area (Å²) in [4.78, 5) is 38.1. The van der Waals surface area contributed by atoms with Crippen molar-refractivity contribution in [2.45, 2.75) is 258 Å². The van der Waals surface area contributed by atoms with E-state index in [1.807, 2.05) is 0 Å². The molecule has 1 unspecified atom stereocenters. The van der Waals surface area contributed by atoms with Crippen molar-refractivity contribution in [3.05, 3.63) is 109 Å². The molecule has 0 bridgehead atoms. The van der Waals surface area contributed by atoms with Crippen LogP contribution in [0.2, 0.25) is 0 Å². The number of unbranched alkanes of at least 4 members (excludes halogenated alkanes) is 21. The van der Waals surface area contributed by atoms with Crippen molar-refractivity contribution >= 4 is 17.9 Å². The maximum atomic E-state index is 12.8. The van der Waals surface area contributed by atoms with E-state index in [1.54, 1.807) is 0 Å². The minimum Gasteiger partial charge on any atom is -0.462 e. The standard InChI is InChI=1S/C63H104O6/c1-4-7-10-13-16-19-22-25-26-27-28-29-30-31-32-33-34-35-36-39-41-44-47-50-53-56-62(65)68-59-60(69-63(66)57-54-51-48-45-42-38-24-21-18-15-12-9-6-3)58-67-61(64)55-52-49-46-43-40-37-23-20-17-14-11-8-5-2/h7,10-12,14-16,19-21,23-26,28-29,31-32,60H,4-6,8-9,13,17-18,22,27,30,33-59H2,1-3H3/b10-7-,14-11-,15-12-,19-16-,23-20-,24-21-,26-25-,29-28-,32-31-. The summed E-state index contributed by atoms with van der Waals surface area (Å²) < 4.78 is 16.8. The zero-order chi connectivity index (χ0) is 50.0. The third kappa shape index (κ3) is 54.9. The first-order chi connectivity index (χ1) is 34.0. The molecule has 6 nitrogen and oxygen atoms in total. The third-order valence-electron chi connectivity index (χ3n) is 11.7. The van der Waals surface area contributed by atoms with Gasteiger partial charge in [-0.25, -0.2) is 0 Å². The van der Waals surface area contributed by atoms with Gasteiger partial charge in [-0.1, -0.05) is 226 Å². The zero-order valence-corrected chi connectivity index (χ0v) is 44.8. The first-order valence-corrected chi connectivity index (χ1v) is 28.4. The van der Waals surface area contributed by atoms with Crippen LogP contribution < -0.4 is 0 Å². The van der Waals surface area contributed by atoms with Crippen LogP contribution in [0, 0.1) is 0 Å². The lowest BCUT2D eigenvalue weighted by molar-refractivity contribution is -0.167. The molecular weight excluding hydrogens is 853 g/mol. The minimum atomic E-state index is -0.795. The molecule has 392 valence electrons. The summed E-state index contributed by atoms with van der Waals surface area (Å²) in [5.74, 6) is -0.929. The Labute approximate surface area is 425 Å². The maximum absolute atomic E-state index is 12.8. The van der Waals surface area contributed by atoms with Gasteiger partial charge in [0.1, 0.15) is 13.2 Å². The Morgan fingerprint density at radius 1 is 0.304 bits per heavy atom. The Balaban J connectivity index is 4.33. The van der Waals surface area contributed by atoms with Crippen molar-refractivity contribution in [2.24, 2.45) is 0 Å². The van der Waals surface area contributed by atoms with E-state index in [0.717, 1.165) is 161 Å². The maximum Gasteiger partial charge on any atom is 0.306 e. The smallest absolute Gasteiger partial charge is 0.306 e. The van der Waals surface area contributed by atoms with Crippen LogP contribution in [0.15, 0.2) is 109 Å². The van der Waals surface area contributed by atoms with Gasteiger partial charge in [0, 0.05) is 19.3 Å². The molecule has 0 aromatic heterocycles. The molecule has 1 atom stereocenters. The van der Waals surface area contributed by atoms with E-state index < -0.39 is 6.10 Å². The molecule has 0 fully saturated rings. The van der Waals surface area contributed by atoms with Gasteiger partial charge in [-0.15, -0.1) is 0 Å². The summed E-state index contributed by atoms with van der Waals surface area (Å²) in [7, 11) is 0. The Kier molecular flexibility index (Phi) is 53.4. The molecule has 0 saturated carbocycles. The summed E-state index contributed by atoms with van der Waals surface area (Å²) in [6, 6.07) is 0. The molecule has 0 saturated heterocycles. The SMILES string of the molecule is CC/C=C\C/C=C\C/C=C\C/C=C\C/C=C\CCCCCCCCCCCC(=O)OCC(COC(=O)CCCCCCC/C=C\C/C=C\CCC)OC(=O)CCCCCCC/C=C\C/C=C\CCC. The monoisotopic (exact) mass is 957 g/mol. The van der Waals surface area contributed by atoms with E-state index in [-0.39, 0.29) is 31.1 Å². The minimum absolute atomic E-state index is 0.0929. The largest absolute Gasteiger partial charge is 0.462 e. The Morgan fingerprint density at radius 2 is 0.565 bits per heavy atom. The van der Waals surface area contributed by atoms with Gasteiger partial charge in [-0.2, -0.15) is 0 Å². The highest BCUT2D eigenvalue weighted by Crippen LogP contribution is 2.14. The lowest BCUT2D eigenvalue weighted by atomic mass is 10.1. The topological polar surface area (TPSA) is 78.9 Å². The van der Waals surface area contributed by atoms with Crippen molar-refractivity contribution in [1.82, 2.24) is 0 Å². The average molecular weight is 958 g/mol. The fourth-order valence-electron chi connectivity index (χ4n) is 7.49. The lowest BCUT2D eigenvalue weighted by Crippen LogP contribution is -2.30. The normalized spacial score (nSPS) is 12.9. The number of ether oxygens (including phenoxy) is 3. The molecule has 0 radical (unpaired) electrons. The Hall–Kier alpha value is -3.93. The van der Waals surface area contributed by atoms with Gasteiger partial charge >= 0.3 is 17.9 Å². The van der Waals surface area contributed by atoms with Crippen molar-refractivity contribution in [3.8, 4) is 0 Å². The number of carbonyl (C=O) groups excluding carboxylic acids is 3. The van der Waals surface area contributed by atoms with Crippen LogP contribution in [0.5, 0.6) is 0 Å². The molecule has 6 heteroatoms. The van der Waals surface area contributed by atoms with Crippen molar-refractivity contribution in [1.29, 1.82) is 0 Å². The van der Waals surface area contributed by atoms with Gasteiger partial charge in [0.2, 0.25) is 0 Å². The quantitative estimate of drug-likeness (QED) is 0.0262.